The summed E-state index contributed by atoms with van der Waals surface area (Å²) in [6, 6.07) is 4.77. The number of methoxy groups -OCH3 is 3. The quantitative estimate of drug-likeness (QED) is 0.452. The molecule has 0 aliphatic rings. The Morgan fingerprint density at radius 1 is 0.923 bits per heavy atom. The monoisotopic (exact) mass is 366 g/mol. The van der Waals surface area contributed by atoms with E-state index in [4.69, 9.17) is 9.47 Å². The van der Waals surface area contributed by atoms with Crippen molar-refractivity contribution in [3.63, 3.8) is 0 Å². The molecular weight excluding hydrogens is 340 g/mol. The number of ether oxygens (including phenoxy) is 3. The standard InChI is InChI=1S/C18H26N2O6/c1-24-14-9-8-13(11-15(14)25-2)18(23)20-12-16(21)19-10-6-4-5-7-17(22)26-3/h8-9,11H,4-7,10,12H2,1-3H3,(H,19,21)(H,20,23). The summed E-state index contributed by atoms with van der Waals surface area (Å²) in [5.41, 5.74) is 0.373. The summed E-state index contributed by atoms with van der Waals surface area (Å²) in [6.07, 6.45) is 2.67. The van der Waals surface area contributed by atoms with E-state index < -0.39 is 0 Å². The van der Waals surface area contributed by atoms with E-state index in [1.165, 1.54) is 21.3 Å². The predicted octanol–water partition coefficient (Wildman–Crippen LogP) is 1.28. The third kappa shape index (κ3) is 7.42. The van der Waals surface area contributed by atoms with Gasteiger partial charge in [0.15, 0.2) is 11.5 Å². The third-order valence-electron chi connectivity index (χ3n) is 3.66. The highest BCUT2D eigenvalue weighted by Crippen LogP contribution is 2.27. The van der Waals surface area contributed by atoms with Gasteiger partial charge in [-0.2, -0.15) is 0 Å². The Labute approximate surface area is 153 Å². The topological polar surface area (TPSA) is 103 Å². The van der Waals surface area contributed by atoms with Gasteiger partial charge in [0.1, 0.15) is 0 Å². The molecule has 1 aromatic rings. The second kappa shape index (κ2) is 11.7. The SMILES string of the molecule is COC(=O)CCCCCNC(=O)CNC(=O)c1ccc(OC)c(OC)c1. The molecule has 26 heavy (non-hydrogen) atoms. The Balaban J connectivity index is 2.28. The molecule has 0 fully saturated rings. The molecular formula is C18H26N2O6. The number of amides is 2. The Bertz CT molecular complexity index is 618. The smallest absolute Gasteiger partial charge is 0.305 e. The van der Waals surface area contributed by atoms with Crippen LogP contribution >= 0.6 is 0 Å². The molecule has 0 saturated heterocycles. The van der Waals surface area contributed by atoms with E-state index >= 15 is 0 Å². The fourth-order valence-electron chi connectivity index (χ4n) is 2.20. The van der Waals surface area contributed by atoms with E-state index in [1.807, 2.05) is 0 Å². The molecule has 0 aliphatic carbocycles. The van der Waals surface area contributed by atoms with E-state index in [0.29, 0.717) is 30.0 Å². The lowest BCUT2D eigenvalue weighted by atomic mass is 10.2. The molecule has 8 heteroatoms. The van der Waals surface area contributed by atoms with Crippen molar-refractivity contribution in [3.05, 3.63) is 23.8 Å². The number of nitrogens with one attached hydrogen (secondary N) is 2. The van der Waals surface area contributed by atoms with Crippen LogP contribution in [0.25, 0.3) is 0 Å². The van der Waals surface area contributed by atoms with Gasteiger partial charge in [0.2, 0.25) is 5.91 Å². The van der Waals surface area contributed by atoms with Gasteiger partial charge in [0.05, 0.1) is 27.9 Å². The molecule has 0 heterocycles. The summed E-state index contributed by atoms with van der Waals surface area (Å²) in [6.45, 7) is 0.377. The Morgan fingerprint density at radius 2 is 1.65 bits per heavy atom. The molecule has 144 valence electrons. The van der Waals surface area contributed by atoms with Gasteiger partial charge < -0.3 is 24.8 Å². The minimum Gasteiger partial charge on any atom is -0.493 e. The summed E-state index contributed by atoms with van der Waals surface area (Å²) >= 11 is 0. The molecule has 0 saturated carbocycles. The Morgan fingerprint density at radius 3 is 2.31 bits per heavy atom. The van der Waals surface area contributed by atoms with Gasteiger partial charge in [-0.3, -0.25) is 14.4 Å². The maximum absolute atomic E-state index is 12.1. The van der Waals surface area contributed by atoms with E-state index in [0.717, 1.165) is 19.3 Å². The number of unbranched alkanes of at least 4 members (excludes halogenated alkanes) is 2. The first-order chi connectivity index (χ1) is 12.5. The first kappa shape index (κ1) is 21.3. The number of benzene rings is 1. The minimum atomic E-state index is -0.376. The van der Waals surface area contributed by atoms with Crippen molar-refractivity contribution in [1.29, 1.82) is 0 Å². The van der Waals surface area contributed by atoms with Crippen LogP contribution in [-0.2, 0) is 14.3 Å². The van der Waals surface area contributed by atoms with Gasteiger partial charge in [-0.25, -0.2) is 0 Å². The summed E-state index contributed by atoms with van der Waals surface area (Å²) in [4.78, 5) is 34.8. The fourth-order valence-corrected chi connectivity index (χ4v) is 2.20. The zero-order valence-electron chi connectivity index (χ0n) is 15.4. The second-order valence-corrected chi connectivity index (χ2v) is 5.49. The lowest BCUT2D eigenvalue weighted by Gasteiger charge is -2.10. The number of hydrogen-bond donors (Lipinski definition) is 2. The molecule has 1 rings (SSSR count). The van der Waals surface area contributed by atoms with Crippen molar-refractivity contribution < 1.29 is 28.6 Å². The normalized spacial score (nSPS) is 9.96. The summed E-state index contributed by atoms with van der Waals surface area (Å²) < 4.78 is 14.8. The number of carbonyl (C=O) groups is 3. The molecule has 0 bridgehead atoms. The van der Waals surface area contributed by atoms with Crippen LogP contribution in [0.1, 0.15) is 36.0 Å². The van der Waals surface area contributed by atoms with Crippen LogP contribution in [0.3, 0.4) is 0 Å². The average Bonchev–Trinajstić information content (AvgIpc) is 2.67. The molecule has 0 spiro atoms. The van der Waals surface area contributed by atoms with Crippen molar-refractivity contribution >= 4 is 17.8 Å². The molecule has 0 unspecified atom stereocenters. The predicted molar refractivity (Wildman–Crippen MR) is 95.4 cm³/mol. The first-order valence-corrected chi connectivity index (χ1v) is 8.35. The van der Waals surface area contributed by atoms with Crippen molar-refractivity contribution in [2.45, 2.75) is 25.7 Å². The lowest BCUT2D eigenvalue weighted by molar-refractivity contribution is -0.140. The van der Waals surface area contributed by atoms with E-state index in [9.17, 15) is 14.4 Å². The molecule has 1 aromatic carbocycles. The van der Waals surface area contributed by atoms with Gasteiger partial charge in [0.25, 0.3) is 5.91 Å². The van der Waals surface area contributed by atoms with Crippen LogP contribution in [-0.4, -0.2) is 52.2 Å². The zero-order valence-corrected chi connectivity index (χ0v) is 15.4. The van der Waals surface area contributed by atoms with Crippen LogP contribution in [0.2, 0.25) is 0 Å². The van der Waals surface area contributed by atoms with Gasteiger partial charge >= 0.3 is 5.97 Å². The molecule has 0 atom stereocenters. The van der Waals surface area contributed by atoms with Crippen LogP contribution in [0.5, 0.6) is 11.5 Å². The average molecular weight is 366 g/mol. The van der Waals surface area contributed by atoms with Crippen molar-refractivity contribution in [1.82, 2.24) is 10.6 Å². The maximum Gasteiger partial charge on any atom is 0.305 e. The maximum atomic E-state index is 12.1. The molecule has 2 amide bonds. The number of carbonyl (C=O) groups excluding carboxylic acids is 3. The Hall–Kier alpha value is -2.77. The second-order valence-electron chi connectivity index (χ2n) is 5.49. The van der Waals surface area contributed by atoms with Crippen molar-refractivity contribution in [3.8, 4) is 11.5 Å². The van der Waals surface area contributed by atoms with Gasteiger partial charge in [0, 0.05) is 18.5 Å². The van der Waals surface area contributed by atoms with Crippen molar-refractivity contribution in [2.75, 3.05) is 34.4 Å². The molecule has 2 N–H and O–H groups in total. The van der Waals surface area contributed by atoms with Crippen LogP contribution < -0.4 is 20.1 Å². The van der Waals surface area contributed by atoms with Gasteiger partial charge in [-0.05, 0) is 31.0 Å². The van der Waals surface area contributed by atoms with E-state index in [1.54, 1.807) is 18.2 Å². The van der Waals surface area contributed by atoms with Gasteiger partial charge in [-0.1, -0.05) is 6.42 Å². The zero-order chi connectivity index (χ0) is 19.4. The van der Waals surface area contributed by atoms with E-state index in [2.05, 4.69) is 15.4 Å². The van der Waals surface area contributed by atoms with Crippen LogP contribution in [0.4, 0.5) is 0 Å². The molecule has 0 aromatic heterocycles. The largest absolute Gasteiger partial charge is 0.493 e. The summed E-state index contributed by atoms with van der Waals surface area (Å²) in [7, 11) is 4.36. The van der Waals surface area contributed by atoms with Crippen LogP contribution in [0, 0.1) is 0 Å². The number of hydrogen-bond acceptors (Lipinski definition) is 6. The lowest BCUT2D eigenvalue weighted by Crippen LogP contribution is -2.37. The number of esters is 1. The van der Waals surface area contributed by atoms with Crippen LogP contribution in [0.15, 0.2) is 18.2 Å². The molecule has 0 aliphatic heterocycles. The highest BCUT2D eigenvalue weighted by Gasteiger charge is 2.11. The summed E-state index contributed by atoms with van der Waals surface area (Å²) in [5.74, 6) is 0.0865. The van der Waals surface area contributed by atoms with Crippen molar-refractivity contribution in [2.24, 2.45) is 0 Å². The number of rotatable bonds is 11. The first-order valence-electron chi connectivity index (χ1n) is 8.35. The highest BCUT2D eigenvalue weighted by molar-refractivity contribution is 5.97. The highest BCUT2D eigenvalue weighted by atomic mass is 16.5. The Kier molecular flexibility index (Phi) is 9.59. The molecule has 8 nitrogen and oxygen atoms in total. The summed E-state index contributed by atoms with van der Waals surface area (Å²) in [5, 5.41) is 5.27. The minimum absolute atomic E-state index is 0.116. The third-order valence-corrected chi connectivity index (χ3v) is 3.66. The fraction of sp³-hybridized carbons (Fsp3) is 0.500. The van der Waals surface area contributed by atoms with E-state index in [-0.39, 0.29) is 24.3 Å². The van der Waals surface area contributed by atoms with Gasteiger partial charge in [-0.15, -0.1) is 0 Å². The molecule has 0 radical (unpaired) electrons.